The minimum Gasteiger partial charge on any atom is -0.314 e. The molecule has 0 aromatic carbocycles. The Hall–Kier alpha value is -0.0800. The van der Waals surface area contributed by atoms with Gasteiger partial charge in [0.2, 0.25) is 0 Å². The topological polar surface area (TPSA) is 29.0 Å². The van der Waals surface area contributed by atoms with Crippen LogP contribution in [0.1, 0.15) is 13.8 Å². The van der Waals surface area contributed by atoms with E-state index in [4.69, 9.17) is 5.73 Å². The number of likely N-dealkylation sites (N-methyl/N-ethyl adjacent to an activating group) is 1. The van der Waals surface area contributed by atoms with Gasteiger partial charge in [-0.05, 0) is 13.5 Å². The summed E-state index contributed by atoms with van der Waals surface area (Å²) >= 11 is 0. The highest BCUT2D eigenvalue weighted by Gasteiger charge is 2.38. The number of rotatable bonds is 1. The molecule has 3 atom stereocenters. The lowest BCUT2D eigenvalue weighted by Crippen LogP contribution is -2.09. The molecule has 1 aliphatic rings. The van der Waals surface area contributed by atoms with Crippen molar-refractivity contribution in [1.82, 2.24) is 4.90 Å². The summed E-state index contributed by atoms with van der Waals surface area (Å²) in [5.74, 6) is 0. The van der Waals surface area contributed by atoms with Crippen molar-refractivity contribution in [2.24, 2.45) is 5.73 Å². The van der Waals surface area contributed by atoms with Crippen molar-refractivity contribution in [3.05, 3.63) is 0 Å². The molecule has 1 fully saturated rings. The van der Waals surface area contributed by atoms with Gasteiger partial charge in [-0.3, -0.25) is 4.90 Å². The first-order valence-electron chi connectivity index (χ1n) is 2.78. The second-order valence-electron chi connectivity index (χ2n) is 2.06. The van der Waals surface area contributed by atoms with Crippen LogP contribution in [0.4, 0.5) is 0 Å². The fourth-order valence-electron chi connectivity index (χ4n) is 0.934. The summed E-state index contributed by atoms with van der Waals surface area (Å²) in [4.78, 5) is 2.24. The largest absolute Gasteiger partial charge is 0.314 e. The molecular weight excluding hydrogens is 88.1 g/mol. The van der Waals surface area contributed by atoms with E-state index in [9.17, 15) is 0 Å². The standard InChI is InChI=1S/C5H12N2/c1-3-7-4(2)5(7)6/h4-5H,3,6H2,1-2H3/t4-,5?,7?/m0/s1. The van der Waals surface area contributed by atoms with Crippen LogP contribution >= 0.6 is 0 Å². The fourth-order valence-corrected chi connectivity index (χ4v) is 0.934. The zero-order valence-electron chi connectivity index (χ0n) is 4.89. The molecular formula is C5H12N2. The third-order valence-electron chi connectivity index (χ3n) is 1.68. The van der Waals surface area contributed by atoms with Crippen molar-refractivity contribution in [2.45, 2.75) is 26.1 Å². The van der Waals surface area contributed by atoms with Crippen LogP contribution in [0.3, 0.4) is 0 Å². The van der Waals surface area contributed by atoms with E-state index in [0.717, 1.165) is 6.54 Å². The Balaban J connectivity index is 2.24. The maximum atomic E-state index is 5.55. The van der Waals surface area contributed by atoms with Crippen LogP contribution in [0.2, 0.25) is 0 Å². The molecule has 2 unspecified atom stereocenters. The van der Waals surface area contributed by atoms with Crippen LogP contribution in [-0.2, 0) is 0 Å². The first-order valence-corrected chi connectivity index (χ1v) is 2.78. The van der Waals surface area contributed by atoms with E-state index in [1.165, 1.54) is 0 Å². The van der Waals surface area contributed by atoms with Crippen LogP contribution in [-0.4, -0.2) is 23.7 Å². The van der Waals surface area contributed by atoms with Crippen LogP contribution in [0, 0.1) is 0 Å². The number of hydrogen-bond donors (Lipinski definition) is 1. The average molecular weight is 100 g/mol. The molecule has 0 aromatic heterocycles. The lowest BCUT2D eigenvalue weighted by molar-refractivity contribution is 0.516. The lowest BCUT2D eigenvalue weighted by atomic mass is 10.5. The summed E-state index contributed by atoms with van der Waals surface area (Å²) in [6.07, 6.45) is 0.366. The maximum Gasteiger partial charge on any atom is 0.0733 e. The highest BCUT2D eigenvalue weighted by atomic mass is 15.4. The van der Waals surface area contributed by atoms with Crippen molar-refractivity contribution in [1.29, 1.82) is 0 Å². The molecule has 1 rings (SSSR count). The zero-order valence-corrected chi connectivity index (χ0v) is 4.89. The van der Waals surface area contributed by atoms with Crippen molar-refractivity contribution < 1.29 is 0 Å². The molecule has 1 aliphatic heterocycles. The van der Waals surface area contributed by atoms with Crippen LogP contribution in [0.15, 0.2) is 0 Å². The number of nitrogens with two attached hydrogens (primary N) is 1. The Labute approximate surface area is 44.3 Å². The predicted molar refractivity (Wildman–Crippen MR) is 29.8 cm³/mol. The first-order chi connectivity index (χ1) is 3.27. The maximum absolute atomic E-state index is 5.55. The van der Waals surface area contributed by atoms with Gasteiger partial charge in [0.05, 0.1) is 6.17 Å². The van der Waals surface area contributed by atoms with Crippen molar-refractivity contribution >= 4 is 0 Å². The minimum atomic E-state index is 0.366. The molecule has 2 nitrogen and oxygen atoms in total. The van der Waals surface area contributed by atoms with E-state index in [-0.39, 0.29) is 0 Å². The third-order valence-corrected chi connectivity index (χ3v) is 1.68. The normalized spacial score (nSPS) is 49.3. The fraction of sp³-hybridized carbons (Fsp3) is 1.00. The van der Waals surface area contributed by atoms with Crippen molar-refractivity contribution in [2.75, 3.05) is 6.54 Å². The van der Waals surface area contributed by atoms with Crippen molar-refractivity contribution in [3.63, 3.8) is 0 Å². The highest BCUT2D eigenvalue weighted by molar-refractivity contribution is 4.92. The Bertz CT molecular complexity index is 64.5. The van der Waals surface area contributed by atoms with Gasteiger partial charge in [0, 0.05) is 6.04 Å². The quantitative estimate of drug-likeness (QED) is 0.470. The van der Waals surface area contributed by atoms with Gasteiger partial charge in [-0.25, -0.2) is 0 Å². The van der Waals surface area contributed by atoms with Gasteiger partial charge in [-0.15, -0.1) is 0 Å². The SMILES string of the molecule is CCN1C(N)[C@@H]1C. The first kappa shape index (κ1) is 5.06. The van der Waals surface area contributed by atoms with Gasteiger partial charge >= 0.3 is 0 Å². The Morgan fingerprint density at radius 1 is 1.71 bits per heavy atom. The Kier molecular flexibility index (Phi) is 1.05. The summed E-state index contributed by atoms with van der Waals surface area (Å²) in [5, 5.41) is 0. The van der Waals surface area contributed by atoms with Crippen molar-refractivity contribution in [3.8, 4) is 0 Å². The van der Waals surface area contributed by atoms with E-state index in [0.29, 0.717) is 12.2 Å². The summed E-state index contributed by atoms with van der Waals surface area (Å²) in [5.41, 5.74) is 5.55. The summed E-state index contributed by atoms with van der Waals surface area (Å²) in [7, 11) is 0. The van der Waals surface area contributed by atoms with Gasteiger partial charge in [0.25, 0.3) is 0 Å². The van der Waals surface area contributed by atoms with Gasteiger partial charge in [-0.1, -0.05) is 6.92 Å². The monoisotopic (exact) mass is 100 g/mol. The molecule has 0 saturated carbocycles. The van der Waals surface area contributed by atoms with Crippen LogP contribution in [0.25, 0.3) is 0 Å². The minimum absolute atomic E-state index is 0.366. The summed E-state index contributed by atoms with van der Waals surface area (Å²) < 4.78 is 0. The average Bonchev–Trinajstić information content (AvgIpc) is 2.17. The lowest BCUT2D eigenvalue weighted by Gasteiger charge is -1.88. The van der Waals surface area contributed by atoms with Gasteiger partial charge in [0.15, 0.2) is 0 Å². The van der Waals surface area contributed by atoms with Gasteiger partial charge < -0.3 is 5.73 Å². The second-order valence-corrected chi connectivity index (χ2v) is 2.06. The zero-order chi connectivity index (χ0) is 5.44. The van der Waals surface area contributed by atoms with Gasteiger partial charge in [0.1, 0.15) is 0 Å². The van der Waals surface area contributed by atoms with Crippen LogP contribution < -0.4 is 5.73 Å². The second kappa shape index (κ2) is 1.46. The smallest absolute Gasteiger partial charge is 0.0733 e. The highest BCUT2D eigenvalue weighted by Crippen LogP contribution is 2.20. The molecule has 0 amide bonds. The predicted octanol–water partition coefficient (Wildman–Crippen LogP) is -0.00480. The van der Waals surface area contributed by atoms with Gasteiger partial charge in [-0.2, -0.15) is 0 Å². The molecule has 0 radical (unpaired) electrons. The molecule has 1 saturated heterocycles. The molecule has 0 spiro atoms. The molecule has 0 bridgehead atoms. The van der Waals surface area contributed by atoms with E-state index in [1.807, 2.05) is 0 Å². The van der Waals surface area contributed by atoms with E-state index < -0.39 is 0 Å². The molecule has 7 heavy (non-hydrogen) atoms. The van der Waals surface area contributed by atoms with Crippen LogP contribution in [0.5, 0.6) is 0 Å². The number of hydrogen-bond acceptors (Lipinski definition) is 2. The Morgan fingerprint density at radius 3 is 2.14 bits per heavy atom. The summed E-state index contributed by atoms with van der Waals surface area (Å²) in [6.45, 7) is 5.37. The molecule has 42 valence electrons. The summed E-state index contributed by atoms with van der Waals surface area (Å²) in [6, 6.07) is 0.644. The number of nitrogens with zero attached hydrogens (tertiary/aromatic N) is 1. The molecule has 2 heteroatoms. The Morgan fingerprint density at radius 2 is 2.14 bits per heavy atom. The molecule has 0 aromatic rings. The molecule has 2 N–H and O–H groups in total. The third kappa shape index (κ3) is 0.640. The van der Waals surface area contributed by atoms with E-state index in [1.54, 1.807) is 0 Å². The van der Waals surface area contributed by atoms with E-state index in [2.05, 4.69) is 18.7 Å². The molecule has 1 heterocycles. The molecule has 0 aliphatic carbocycles. The van der Waals surface area contributed by atoms with E-state index >= 15 is 0 Å².